The van der Waals surface area contributed by atoms with Gasteiger partial charge in [0.15, 0.2) is 0 Å². The van der Waals surface area contributed by atoms with Crippen molar-refractivity contribution in [2.75, 3.05) is 23.7 Å². The van der Waals surface area contributed by atoms with Crippen LogP contribution in [0.2, 0.25) is 0 Å². The minimum Gasteiger partial charge on any atom is -0.354 e. The molecule has 0 saturated carbocycles. The summed E-state index contributed by atoms with van der Waals surface area (Å²) in [5, 5.41) is 7.02. The molecule has 0 spiro atoms. The van der Waals surface area contributed by atoms with Gasteiger partial charge in [0, 0.05) is 38.9 Å². The number of carbonyl (C=O) groups is 4. The van der Waals surface area contributed by atoms with E-state index in [-0.39, 0.29) is 36.5 Å². The number of allylic oxidation sites excluding steroid dienone is 4. The number of anilines is 2. The third-order valence-corrected chi connectivity index (χ3v) is 10.6. The topological polar surface area (TPSA) is 115 Å². The molecule has 51 heavy (non-hydrogen) atoms. The van der Waals surface area contributed by atoms with E-state index in [9.17, 15) is 19.2 Å². The van der Waals surface area contributed by atoms with Crippen LogP contribution in [-0.4, -0.2) is 63.6 Å². The number of halogens is 1. The van der Waals surface area contributed by atoms with Crippen molar-refractivity contribution in [3.05, 3.63) is 118 Å². The van der Waals surface area contributed by atoms with Gasteiger partial charge in [0.05, 0.1) is 18.5 Å². The van der Waals surface area contributed by atoms with Gasteiger partial charge in [-0.15, -0.1) is 0 Å². The molecule has 9 nitrogen and oxygen atoms in total. The van der Waals surface area contributed by atoms with Crippen LogP contribution in [0.5, 0.6) is 0 Å². The molecular formula is C41H42IN5O4. The van der Waals surface area contributed by atoms with Crippen molar-refractivity contribution in [3.63, 3.8) is 0 Å². The SMILES string of the molecule is C=C/C(=C\C=C/C)CC(=O)N1CCC[C@H]1C(=O)Nc1ccc2[nH]c(-c3ccc(NC(=O)[C@@H]4CCCN4C(=O)Cc4ccccc4)cc3)c(I)c2c1. The predicted octanol–water partition coefficient (Wildman–Crippen LogP) is 7.62. The fraction of sp³-hybridized carbons (Fsp3) is 0.268. The van der Waals surface area contributed by atoms with Crippen LogP contribution < -0.4 is 10.6 Å². The normalized spacial score (nSPS) is 17.6. The Morgan fingerprint density at radius 3 is 2.14 bits per heavy atom. The van der Waals surface area contributed by atoms with Crippen molar-refractivity contribution in [1.82, 2.24) is 14.8 Å². The highest BCUT2D eigenvalue weighted by Crippen LogP contribution is 2.34. The number of carbonyl (C=O) groups excluding carboxylic acids is 4. The number of amides is 4. The number of benzene rings is 3. The van der Waals surface area contributed by atoms with E-state index < -0.39 is 12.1 Å². The average Bonchev–Trinajstić information content (AvgIpc) is 3.91. The molecular weight excluding hydrogens is 753 g/mol. The number of rotatable bonds is 11. The molecule has 2 saturated heterocycles. The van der Waals surface area contributed by atoms with Gasteiger partial charge < -0.3 is 25.4 Å². The van der Waals surface area contributed by atoms with Crippen LogP contribution in [0.3, 0.4) is 0 Å². The summed E-state index contributed by atoms with van der Waals surface area (Å²) in [6.07, 6.45) is 10.6. The Morgan fingerprint density at radius 2 is 1.49 bits per heavy atom. The zero-order chi connectivity index (χ0) is 35.9. The monoisotopic (exact) mass is 795 g/mol. The van der Waals surface area contributed by atoms with Gasteiger partial charge in [-0.3, -0.25) is 19.2 Å². The van der Waals surface area contributed by atoms with Crippen LogP contribution in [0, 0.1) is 3.57 Å². The van der Waals surface area contributed by atoms with E-state index >= 15 is 0 Å². The highest BCUT2D eigenvalue weighted by atomic mass is 127. The number of H-pyrrole nitrogens is 1. The Morgan fingerprint density at radius 1 is 0.863 bits per heavy atom. The van der Waals surface area contributed by atoms with Crippen LogP contribution in [0.15, 0.2) is 109 Å². The molecule has 0 unspecified atom stereocenters. The molecule has 2 aliphatic heterocycles. The summed E-state index contributed by atoms with van der Waals surface area (Å²) in [4.78, 5) is 59.7. The first kappa shape index (κ1) is 35.8. The standard InChI is InChI=1S/C41H42IN5O4/c1-3-5-11-27(4-2)24-36(48)46-22-10-15-35(46)41(51)44-31-20-21-33-32(26-31)38(42)39(45-33)29-16-18-30(19-17-29)43-40(50)34-14-9-23-47(34)37(49)25-28-12-7-6-8-13-28/h3-8,11-13,16-21,26,34-35,45H,2,9-10,14-15,22-25H2,1H3,(H,43,50)(H,44,51)/b5-3-,27-11+/t34-,35-/m0/s1. The number of hydrogen-bond acceptors (Lipinski definition) is 4. The van der Waals surface area contributed by atoms with Crippen LogP contribution in [0.1, 0.15) is 44.6 Å². The average molecular weight is 796 g/mol. The van der Waals surface area contributed by atoms with Crippen LogP contribution in [0.4, 0.5) is 11.4 Å². The third kappa shape index (κ3) is 8.33. The van der Waals surface area contributed by atoms with Gasteiger partial charge in [-0.2, -0.15) is 0 Å². The van der Waals surface area contributed by atoms with Crippen molar-refractivity contribution in [2.24, 2.45) is 0 Å². The lowest BCUT2D eigenvalue weighted by atomic mass is 10.1. The van der Waals surface area contributed by atoms with Gasteiger partial charge in [-0.1, -0.05) is 73.3 Å². The molecule has 2 fully saturated rings. The molecule has 4 aromatic rings. The Balaban J connectivity index is 1.09. The molecule has 10 heteroatoms. The third-order valence-electron chi connectivity index (χ3n) is 9.51. The largest absolute Gasteiger partial charge is 0.354 e. The number of nitrogens with zero attached hydrogens (tertiary/aromatic N) is 2. The van der Waals surface area contributed by atoms with E-state index in [2.05, 4.69) is 44.8 Å². The summed E-state index contributed by atoms with van der Waals surface area (Å²) in [5.74, 6) is -0.484. The number of aromatic nitrogens is 1. The van der Waals surface area contributed by atoms with Crippen molar-refractivity contribution < 1.29 is 19.2 Å². The quantitative estimate of drug-likeness (QED) is 0.107. The van der Waals surface area contributed by atoms with Gasteiger partial charge in [0.2, 0.25) is 23.6 Å². The molecule has 0 aliphatic carbocycles. The molecule has 3 N–H and O–H groups in total. The second kappa shape index (κ2) is 16.4. The second-order valence-corrected chi connectivity index (χ2v) is 14.0. The Kier molecular flexibility index (Phi) is 11.5. The summed E-state index contributed by atoms with van der Waals surface area (Å²) in [7, 11) is 0. The van der Waals surface area contributed by atoms with Gasteiger partial charge in [-0.25, -0.2) is 0 Å². The van der Waals surface area contributed by atoms with E-state index in [0.717, 1.165) is 49.7 Å². The maximum Gasteiger partial charge on any atom is 0.247 e. The first-order valence-electron chi connectivity index (χ1n) is 17.4. The minimum atomic E-state index is -0.521. The van der Waals surface area contributed by atoms with Crippen molar-refractivity contribution in [2.45, 2.75) is 57.5 Å². The molecule has 2 atom stereocenters. The number of fused-ring (bicyclic) bond motifs is 1. The van der Waals surface area contributed by atoms with Crippen LogP contribution >= 0.6 is 22.6 Å². The summed E-state index contributed by atoms with van der Waals surface area (Å²) in [6, 6.07) is 22.0. The van der Waals surface area contributed by atoms with Gasteiger partial charge in [0.25, 0.3) is 0 Å². The fourth-order valence-electron chi connectivity index (χ4n) is 6.85. The van der Waals surface area contributed by atoms with Crippen molar-refractivity contribution in [1.29, 1.82) is 0 Å². The number of aromatic amines is 1. The molecule has 262 valence electrons. The van der Waals surface area contributed by atoms with E-state index in [1.807, 2.05) is 97.9 Å². The summed E-state index contributed by atoms with van der Waals surface area (Å²) < 4.78 is 0.997. The van der Waals surface area contributed by atoms with E-state index in [4.69, 9.17) is 0 Å². The summed E-state index contributed by atoms with van der Waals surface area (Å²) in [6.45, 7) is 6.87. The summed E-state index contributed by atoms with van der Waals surface area (Å²) >= 11 is 2.31. The molecule has 4 amide bonds. The van der Waals surface area contributed by atoms with Crippen molar-refractivity contribution in [3.8, 4) is 11.3 Å². The minimum absolute atomic E-state index is 0.0351. The molecule has 0 bridgehead atoms. The zero-order valence-electron chi connectivity index (χ0n) is 28.7. The first-order valence-corrected chi connectivity index (χ1v) is 18.4. The molecule has 1 aromatic heterocycles. The lowest BCUT2D eigenvalue weighted by Gasteiger charge is -2.24. The second-order valence-electron chi connectivity index (χ2n) is 12.9. The number of nitrogens with one attached hydrogen (secondary N) is 3. The van der Waals surface area contributed by atoms with Gasteiger partial charge >= 0.3 is 0 Å². The van der Waals surface area contributed by atoms with Crippen LogP contribution in [0.25, 0.3) is 22.2 Å². The summed E-state index contributed by atoms with van der Waals surface area (Å²) in [5.41, 5.74) is 5.88. The molecule has 6 rings (SSSR count). The van der Waals surface area contributed by atoms with Gasteiger partial charge in [-0.05, 0) is 102 Å². The number of likely N-dealkylation sites (tertiary alicyclic amines) is 2. The lowest BCUT2D eigenvalue weighted by Crippen LogP contribution is -2.43. The van der Waals surface area contributed by atoms with Crippen molar-refractivity contribution >= 4 is 68.5 Å². The highest BCUT2D eigenvalue weighted by Gasteiger charge is 2.35. The van der Waals surface area contributed by atoms with E-state index in [1.54, 1.807) is 15.9 Å². The van der Waals surface area contributed by atoms with Crippen LogP contribution in [-0.2, 0) is 25.6 Å². The molecule has 0 radical (unpaired) electrons. The predicted molar refractivity (Wildman–Crippen MR) is 211 cm³/mol. The fourth-order valence-corrected chi connectivity index (χ4v) is 7.74. The number of hydrogen-bond donors (Lipinski definition) is 3. The smallest absolute Gasteiger partial charge is 0.247 e. The maximum atomic E-state index is 13.4. The molecule has 3 aromatic carbocycles. The lowest BCUT2D eigenvalue weighted by molar-refractivity contribution is -0.136. The highest BCUT2D eigenvalue weighted by molar-refractivity contribution is 14.1. The Bertz CT molecular complexity index is 2000. The molecule has 3 heterocycles. The zero-order valence-corrected chi connectivity index (χ0v) is 30.8. The maximum absolute atomic E-state index is 13.4. The van der Waals surface area contributed by atoms with E-state index in [0.29, 0.717) is 37.3 Å². The molecule has 2 aliphatic rings. The van der Waals surface area contributed by atoms with E-state index in [1.165, 1.54) is 0 Å². The first-order chi connectivity index (χ1) is 24.7. The Labute approximate surface area is 312 Å². The Hall–Kier alpha value is -4.97. The van der Waals surface area contributed by atoms with Gasteiger partial charge in [0.1, 0.15) is 12.1 Å².